The van der Waals surface area contributed by atoms with E-state index in [4.69, 9.17) is 0 Å². The highest BCUT2D eigenvalue weighted by atomic mass is 16.1. The summed E-state index contributed by atoms with van der Waals surface area (Å²) in [6.07, 6.45) is 0. The van der Waals surface area contributed by atoms with Crippen molar-refractivity contribution in [2.75, 3.05) is 0 Å². The minimum absolute atomic E-state index is 0.0485. The predicted molar refractivity (Wildman–Crippen MR) is 280 cm³/mol. The predicted octanol–water partition coefficient (Wildman–Crippen LogP) is 15.2. The first-order chi connectivity index (χ1) is 33.7. The molecular weight excluding hydrogens is 827 g/mol. The number of pyridine rings is 1. The Labute approximate surface area is 391 Å². The zero-order valence-electron chi connectivity index (χ0n) is 36.8. The van der Waals surface area contributed by atoms with E-state index in [1.807, 2.05) is 16.7 Å². The molecule has 2 aliphatic rings. The molecule has 0 saturated carbocycles. The number of fused-ring (bicyclic) bond motifs is 18. The average molecular weight is 866 g/mol. The van der Waals surface area contributed by atoms with Gasteiger partial charge < -0.3 is 4.57 Å². The summed E-state index contributed by atoms with van der Waals surface area (Å²) in [4.78, 5) is 15.8. The molecule has 4 nitrogen and oxygen atoms in total. The van der Waals surface area contributed by atoms with E-state index >= 15 is 4.79 Å². The average Bonchev–Trinajstić information content (AvgIpc) is 4.11. The van der Waals surface area contributed by atoms with Crippen LogP contribution in [0.15, 0.2) is 241 Å². The third-order valence-electron chi connectivity index (χ3n) is 15.1. The Morgan fingerprint density at radius 3 is 1.49 bits per heavy atom. The van der Waals surface area contributed by atoms with Crippen LogP contribution in [0.4, 0.5) is 0 Å². The van der Waals surface area contributed by atoms with Crippen LogP contribution in [0.1, 0.15) is 22.3 Å². The lowest BCUT2D eigenvalue weighted by Crippen LogP contribution is -2.26. The molecule has 1 spiro atoms. The van der Waals surface area contributed by atoms with E-state index in [0.29, 0.717) is 5.39 Å². The van der Waals surface area contributed by atoms with Gasteiger partial charge in [0.2, 0.25) is 0 Å². The van der Waals surface area contributed by atoms with Crippen LogP contribution in [0.5, 0.6) is 0 Å². The summed E-state index contributed by atoms with van der Waals surface area (Å²) in [5.41, 5.74) is 18.6. The van der Waals surface area contributed by atoms with E-state index in [-0.39, 0.29) is 5.56 Å². The van der Waals surface area contributed by atoms with Crippen LogP contribution in [0.3, 0.4) is 0 Å². The summed E-state index contributed by atoms with van der Waals surface area (Å²) in [5.74, 6) is 0. The molecule has 0 saturated heterocycles. The molecule has 0 unspecified atom stereocenters. The molecule has 316 valence electrons. The molecule has 0 aliphatic heterocycles. The second-order valence-corrected chi connectivity index (χ2v) is 18.3. The second-order valence-electron chi connectivity index (χ2n) is 18.3. The molecule has 0 fully saturated rings. The summed E-state index contributed by atoms with van der Waals surface area (Å²) in [6, 6.07) is 85.0. The van der Waals surface area contributed by atoms with E-state index in [2.05, 4.69) is 234 Å². The number of aromatic nitrogens is 3. The van der Waals surface area contributed by atoms with Crippen molar-refractivity contribution in [1.29, 1.82) is 0 Å². The van der Waals surface area contributed by atoms with Crippen molar-refractivity contribution in [1.82, 2.24) is 13.7 Å². The van der Waals surface area contributed by atoms with E-state index in [9.17, 15) is 0 Å². The molecule has 2 aliphatic carbocycles. The van der Waals surface area contributed by atoms with Crippen LogP contribution >= 0.6 is 0 Å². The van der Waals surface area contributed by atoms with Gasteiger partial charge in [0.15, 0.2) is 0 Å². The highest BCUT2D eigenvalue weighted by Gasteiger charge is 2.52. The molecule has 0 radical (unpaired) electrons. The van der Waals surface area contributed by atoms with E-state index in [1.165, 1.54) is 55.2 Å². The highest BCUT2D eigenvalue weighted by molar-refractivity contribution is 6.21. The quantitative estimate of drug-likeness (QED) is 0.173. The molecule has 4 heteroatoms. The molecule has 3 aromatic heterocycles. The van der Waals surface area contributed by atoms with Gasteiger partial charge in [-0.05, 0) is 122 Å². The van der Waals surface area contributed by atoms with Gasteiger partial charge in [-0.3, -0.25) is 13.9 Å². The highest BCUT2D eigenvalue weighted by Crippen LogP contribution is 2.63. The summed E-state index contributed by atoms with van der Waals surface area (Å²) in [7, 11) is 0. The summed E-state index contributed by atoms with van der Waals surface area (Å²) in [5, 5.41) is 6.16. The summed E-state index contributed by atoms with van der Waals surface area (Å²) >= 11 is 0. The first kappa shape index (κ1) is 37.3. The Morgan fingerprint density at radius 2 is 0.809 bits per heavy atom. The molecule has 0 atom stereocenters. The number of benzene rings is 10. The van der Waals surface area contributed by atoms with Crippen LogP contribution in [-0.4, -0.2) is 13.7 Å². The zero-order valence-corrected chi connectivity index (χ0v) is 36.8. The van der Waals surface area contributed by atoms with Crippen molar-refractivity contribution in [2.24, 2.45) is 0 Å². The van der Waals surface area contributed by atoms with Crippen molar-refractivity contribution >= 4 is 54.5 Å². The van der Waals surface area contributed by atoms with Crippen LogP contribution in [0.2, 0.25) is 0 Å². The van der Waals surface area contributed by atoms with Gasteiger partial charge in [0.25, 0.3) is 5.56 Å². The Kier molecular flexibility index (Phi) is 7.54. The van der Waals surface area contributed by atoms with Crippen molar-refractivity contribution in [3.05, 3.63) is 269 Å². The fourth-order valence-electron chi connectivity index (χ4n) is 12.4. The first-order valence-corrected chi connectivity index (χ1v) is 23.4. The van der Waals surface area contributed by atoms with E-state index in [0.717, 1.165) is 66.6 Å². The van der Waals surface area contributed by atoms with E-state index in [1.54, 1.807) is 0 Å². The van der Waals surface area contributed by atoms with Crippen molar-refractivity contribution < 1.29 is 0 Å². The van der Waals surface area contributed by atoms with Gasteiger partial charge >= 0.3 is 0 Å². The van der Waals surface area contributed by atoms with Gasteiger partial charge in [0.05, 0.1) is 27.7 Å². The van der Waals surface area contributed by atoms with Crippen LogP contribution < -0.4 is 5.56 Å². The summed E-state index contributed by atoms with van der Waals surface area (Å²) in [6.45, 7) is 0. The Hall–Kier alpha value is -8.99. The van der Waals surface area contributed by atoms with Gasteiger partial charge in [-0.1, -0.05) is 170 Å². The van der Waals surface area contributed by atoms with Gasteiger partial charge in [0, 0.05) is 43.9 Å². The normalized spacial score (nSPS) is 13.2. The third-order valence-corrected chi connectivity index (χ3v) is 15.1. The molecular formula is C64H39N3O. The van der Waals surface area contributed by atoms with Crippen LogP contribution in [0, 0.1) is 0 Å². The fourth-order valence-corrected chi connectivity index (χ4v) is 12.4. The lowest BCUT2D eigenvalue weighted by molar-refractivity contribution is 0.793. The maximum Gasteiger partial charge on any atom is 0.264 e. The maximum absolute atomic E-state index is 15.8. The summed E-state index contributed by atoms with van der Waals surface area (Å²) < 4.78 is 6.71. The minimum Gasteiger partial charge on any atom is -0.309 e. The van der Waals surface area contributed by atoms with Crippen LogP contribution in [-0.2, 0) is 5.41 Å². The Bertz CT molecular complexity index is 4300. The second kappa shape index (κ2) is 13.8. The first-order valence-electron chi connectivity index (χ1n) is 23.4. The zero-order chi connectivity index (χ0) is 44.7. The largest absolute Gasteiger partial charge is 0.309 e. The maximum atomic E-state index is 15.8. The van der Waals surface area contributed by atoms with E-state index < -0.39 is 5.41 Å². The molecule has 0 N–H and O–H groups in total. The number of rotatable bonds is 4. The van der Waals surface area contributed by atoms with Gasteiger partial charge in [-0.25, -0.2) is 0 Å². The smallest absolute Gasteiger partial charge is 0.264 e. The third kappa shape index (κ3) is 4.75. The molecule has 3 heterocycles. The van der Waals surface area contributed by atoms with Crippen molar-refractivity contribution in [2.45, 2.75) is 5.41 Å². The molecule has 15 rings (SSSR count). The van der Waals surface area contributed by atoms with Crippen LogP contribution in [0.25, 0.3) is 105 Å². The lowest BCUT2D eigenvalue weighted by Gasteiger charge is -2.30. The monoisotopic (exact) mass is 865 g/mol. The van der Waals surface area contributed by atoms with Crippen molar-refractivity contribution in [3.63, 3.8) is 0 Å². The molecule has 0 bridgehead atoms. The minimum atomic E-state index is -0.551. The SMILES string of the molecule is O=c1c2ccccc2c2c3cc(-c4ccc5c(c4)c4ccccc4n5-c4ccccc4)ccc3n(-c3ccccc3)c2n1-c1cccc2c1-c1ccccc1C21c2ccccc2-c2ccccc21. The molecule has 13 aromatic rings. The Balaban J connectivity index is 1.05. The molecule has 68 heavy (non-hydrogen) atoms. The standard InChI is InChI=1S/C64H39N3O/c68-63-48-26-8-7-25-47(48)60-51-39-41(40-34-36-57-50(38-40)46-24-12-16-32-56(46)65(57)42-18-3-1-4-19-42)35-37-58(51)66(43-20-5-2-6-21-43)62(60)67(63)59-33-17-31-55-61(59)49-27-11-15-30-54(49)64(55)52-28-13-9-22-44(52)45-23-10-14-29-53(45)64/h1-39H. The Morgan fingerprint density at radius 1 is 0.324 bits per heavy atom. The lowest BCUT2D eigenvalue weighted by atomic mass is 9.70. The number of hydrogen-bond acceptors (Lipinski definition) is 1. The molecule has 10 aromatic carbocycles. The van der Waals surface area contributed by atoms with Crippen molar-refractivity contribution in [3.8, 4) is 50.4 Å². The topological polar surface area (TPSA) is 31.9 Å². The van der Waals surface area contributed by atoms with Gasteiger partial charge in [-0.2, -0.15) is 0 Å². The number of para-hydroxylation sites is 3. The number of hydrogen-bond donors (Lipinski definition) is 0. The number of nitrogens with zero attached hydrogens (tertiary/aromatic N) is 3. The fraction of sp³-hybridized carbons (Fsp3) is 0.0156. The van der Waals surface area contributed by atoms with Gasteiger partial charge in [-0.15, -0.1) is 0 Å². The molecule has 0 amide bonds. The van der Waals surface area contributed by atoms with Gasteiger partial charge in [0.1, 0.15) is 5.65 Å².